The molecule has 0 fully saturated rings. The van der Waals surface area contributed by atoms with Crippen LogP contribution in [0.2, 0.25) is 0 Å². The van der Waals surface area contributed by atoms with Crippen LogP contribution in [-0.2, 0) is 10.8 Å². The van der Waals surface area contributed by atoms with Crippen molar-refractivity contribution in [1.82, 2.24) is 25.3 Å². The average molecular weight is 790 g/mol. The Bertz CT molecular complexity index is 2360. The van der Waals surface area contributed by atoms with E-state index in [4.69, 9.17) is 9.05 Å². The van der Waals surface area contributed by atoms with E-state index in [-0.39, 0.29) is 33.9 Å². The van der Waals surface area contributed by atoms with Crippen LogP contribution in [0.4, 0.5) is 44.0 Å². The number of aromatic hydroxyl groups is 1. The van der Waals surface area contributed by atoms with Gasteiger partial charge in [0.15, 0.2) is 17.3 Å². The lowest BCUT2D eigenvalue weighted by atomic mass is 9.93. The number of carbonyl (C=O) groups is 4. The van der Waals surface area contributed by atoms with E-state index < -0.39 is 18.0 Å². The van der Waals surface area contributed by atoms with Gasteiger partial charge in [0, 0.05) is 58.1 Å². The number of anilines is 6. The monoisotopic (exact) mass is 789 g/mol. The molecule has 300 valence electrons. The van der Waals surface area contributed by atoms with Crippen LogP contribution in [0.5, 0.6) is 5.75 Å². The molecule has 0 aliphatic carbocycles. The molecule has 18 heteroatoms. The SMILES string of the molecule is CC(C)(C)c1cc(NC(=O)Nc2ccc(NC(=O)c3ncccc3O)cc2)no1.Cc1cnc(C(=O)Nc2ccc(NC(=O)Nc3cc(C(C)(C)C)on3)cc2)cn1. The minimum atomic E-state index is -0.540. The number of amides is 6. The molecule has 6 amide bonds. The summed E-state index contributed by atoms with van der Waals surface area (Å²) in [6.45, 7) is 13.7. The van der Waals surface area contributed by atoms with Gasteiger partial charge >= 0.3 is 12.1 Å². The quantitative estimate of drug-likeness (QED) is 0.0776. The van der Waals surface area contributed by atoms with Crippen molar-refractivity contribution in [3.63, 3.8) is 0 Å². The molecule has 0 aliphatic rings. The summed E-state index contributed by atoms with van der Waals surface area (Å²) in [5.74, 6) is 0.862. The summed E-state index contributed by atoms with van der Waals surface area (Å²) in [5.41, 5.74) is 2.58. The second kappa shape index (κ2) is 17.9. The number of rotatable bonds is 8. The minimum Gasteiger partial charge on any atom is -0.505 e. The molecule has 7 N–H and O–H groups in total. The second-order valence-corrected chi connectivity index (χ2v) is 14.8. The largest absolute Gasteiger partial charge is 0.505 e. The molecule has 58 heavy (non-hydrogen) atoms. The van der Waals surface area contributed by atoms with Crippen molar-refractivity contribution in [2.75, 3.05) is 31.9 Å². The Morgan fingerprint density at radius 3 is 1.41 bits per heavy atom. The highest BCUT2D eigenvalue weighted by Crippen LogP contribution is 2.26. The lowest BCUT2D eigenvalue weighted by molar-refractivity contribution is 0.101. The van der Waals surface area contributed by atoms with Crippen LogP contribution >= 0.6 is 0 Å². The van der Waals surface area contributed by atoms with Crippen molar-refractivity contribution in [3.05, 3.63) is 120 Å². The topological polar surface area (TPSA) is 251 Å². The first kappa shape index (κ1) is 41.5. The van der Waals surface area contributed by atoms with Crippen LogP contribution in [0.25, 0.3) is 0 Å². The summed E-state index contributed by atoms with van der Waals surface area (Å²) in [6, 6.07) is 18.5. The molecular weight excluding hydrogens is 747 g/mol. The first-order chi connectivity index (χ1) is 27.4. The number of aromatic nitrogens is 5. The van der Waals surface area contributed by atoms with Crippen molar-refractivity contribution in [2.45, 2.75) is 59.3 Å². The van der Waals surface area contributed by atoms with E-state index in [1.807, 2.05) is 41.5 Å². The maximum absolute atomic E-state index is 12.2. The van der Waals surface area contributed by atoms with Crippen LogP contribution in [-0.4, -0.2) is 54.2 Å². The van der Waals surface area contributed by atoms with Gasteiger partial charge in [0.25, 0.3) is 11.8 Å². The molecule has 4 heterocycles. The summed E-state index contributed by atoms with van der Waals surface area (Å²) < 4.78 is 10.5. The molecule has 18 nitrogen and oxygen atoms in total. The van der Waals surface area contributed by atoms with E-state index in [0.29, 0.717) is 45.9 Å². The molecule has 4 aromatic heterocycles. The van der Waals surface area contributed by atoms with Crippen molar-refractivity contribution < 1.29 is 33.3 Å². The number of carbonyl (C=O) groups excluding carboxylic acids is 4. The van der Waals surface area contributed by atoms with Crippen LogP contribution in [0, 0.1) is 6.92 Å². The predicted molar refractivity (Wildman–Crippen MR) is 217 cm³/mol. The number of nitrogens with one attached hydrogen (secondary N) is 6. The molecule has 0 atom stereocenters. The maximum atomic E-state index is 12.2. The second-order valence-electron chi connectivity index (χ2n) is 14.8. The minimum absolute atomic E-state index is 0.0729. The molecule has 0 spiro atoms. The average Bonchev–Trinajstić information content (AvgIpc) is 3.84. The first-order valence-corrected chi connectivity index (χ1v) is 17.8. The number of hydrogen-bond acceptors (Lipinski definition) is 12. The Balaban J connectivity index is 0.000000221. The van der Waals surface area contributed by atoms with Gasteiger partial charge in [-0.05, 0) is 67.6 Å². The van der Waals surface area contributed by atoms with E-state index in [2.05, 4.69) is 57.2 Å². The Morgan fingerprint density at radius 1 is 0.569 bits per heavy atom. The summed E-state index contributed by atoms with van der Waals surface area (Å²) >= 11 is 0. The maximum Gasteiger partial charge on any atom is 0.324 e. The lowest BCUT2D eigenvalue weighted by Gasteiger charge is -2.12. The van der Waals surface area contributed by atoms with Crippen LogP contribution in [0.3, 0.4) is 0 Å². The van der Waals surface area contributed by atoms with Gasteiger partial charge < -0.3 is 35.4 Å². The van der Waals surface area contributed by atoms with E-state index in [9.17, 15) is 24.3 Å². The fourth-order valence-corrected chi connectivity index (χ4v) is 4.67. The molecular formula is C40H43N11O7. The standard InChI is InChI=1S/C20H22N6O3.C20H21N5O4/c1-12-10-22-15(11-21-12)18(27)23-13-5-7-14(8-6-13)24-19(28)25-17-9-16(29-26-17)20(2,3)4;1-20(2,3)15-11-16(25-29-15)24-19(28)23-13-8-6-12(7-9-13)22-18(27)17-14(26)5-4-10-21-17/h5-11H,1-4H3,(H,23,27)(H2,24,25,26,28);4-11,26H,1-3H3,(H,22,27)(H2,23,24,25,28). The molecule has 0 unspecified atom stereocenters. The number of benzene rings is 2. The Kier molecular flexibility index (Phi) is 12.8. The third kappa shape index (κ3) is 11.9. The van der Waals surface area contributed by atoms with E-state index >= 15 is 0 Å². The highest BCUT2D eigenvalue weighted by Gasteiger charge is 2.22. The predicted octanol–water partition coefficient (Wildman–Crippen LogP) is 7.94. The summed E-state index contributed by atoms with van der Waals surface area (Å²) in [4.78, 5) is 60.5. The molecule has 0 radical (unpaired) electrons. The summed E-state index contributed by atoms with van der Waals surface area (Å²) in [5, 5.41) is 33.3. The molecule has 0 aliphatic heterocycles. The fourth-order valence-electron chi connectivity index (χ4n) is 4.67. The number of hydrogen-bond donors (Lipinski definition) is 7. The Morgan fingerprint density at radius 2 is 1.02 bits per heavy atom. The number of aryl methyl sites for hydroxylation is 1. The molecule has 0 saturated carbocycles. The van der Waals surface area contributed by atoms with Gasteiger partial charge in [0.1, 0.15) is 23.0 Å². The van der Waals surface area contributed by atoms with Crippen molar-refractivity contribution in [1.29, 1.82) is 0 Å². The number of nitrogens with zero attached hydrogens (tertiary/aromatic N) is 5. The highest BCUT2D eigenvalue weighted by atomic mass is 16.5. The van der Waals surface area contributed by atoms with Gasteiger partial charge in [0.05, 0.1) is 11.9 Å². The van der Waals surface area contributed by atoms with Gasteiger partial charge in [0.2, 0.25) is 0 Å². The van der Waals surface area contributed by atoms with E-state index in [0.717, 1.165) is 5.69 Å². The van der Waals surface area contributed by atoms with Crippen LogP contribution in [0.1, 0.15) is 79.7 Å². The molecule has 6 aromatic rings. The smallest absolute Gasteiger partial charge is 0.324 e. The van der Waals surface area contributed by atoms with Crippen LogP contribution < -0.4 is 31.9 Å². The Labute approximate surface area is 333 Å². The van der Waals surface area contributed by atoms with Crippen LogP contribution in [0.15, 0.2) is 100 Å². The molecule has 6 rings (SSSR count). The zero-order chi connectivity index (χ0) is 42.0. The van der Waals surface area contributed by atoms with Crippen molar-refractivity contribution in [2.24, 2.45) is 0 Å². The summed E-state index contributed by atoms with van der Waals surface area (Å²) in [6.07, 6.45) is 4.36. The Hall–Kier alpha value is -7.63. The summed E-state index contributed by atoms with van der Waals surface area (Å²) in [7, 11) is 0. The molecule has 2 aromatic carbocycles. The van der Waals surface area contributed by atoms with Crippen molar-refractivity contribution >= 4 is 58.3 Å². The van der Waals surface area contributed by atoms with E-state index in [1.165, 1.54) is 30.7 Å². The first-order valence-electron chi connectivity index (χ1n) is 17.8. The number of urea groups is 2. The molecule has 0 saturated heterocycles. The van der Waals surface area contributed by atoms with Gasteiger partial charge in [-0.25, -0.2) is 19.6 Å². The van der Waals surface area contributed by atoms with Gasteiger partial charge in [-0.1, -0.05) is 51.9 Å². The zero-order valence-corrected chi connectivity index (χ0v) is 32.8. The number of pyridine rings is 1. The third-order valence-corrected chi connectivity index (χ3v) is 7.80. The van der Waals surface area contributed by atoms with Gasteiger partial charge in [-0.2, -0.15) is 0 Å². The third-order valence-electron chi connectivity index (χ3n) is 7.80. The van der Waals surface area contributed by atoms with E-state index in [1.54, 1.807) is 67.6 Å². The fraction of sp³-hybridized carbons (Fsp3) is 0.225. The normalized spacial score (nSPS) is 11.0. The lowest BCUT2D eigenvalue weighted by Crippen LogP contribution is -2.19. The zero-order valence-electron chi connectivity index (χ0n) is 32.8. The van der Waals surface area contributed by atoms with Gasteiger partial charge in [-0.15, -0.1) is 0 Å². The van der Waals surface area contributed by atoms with Crippen molar-refractivity contribution in [3.8, 4) is 5.75 Å². The van der Waals surface area contributed by atoms with Gasteiger partial charge in [-0.3, -0.25) is 25.2 Å². The highest BCUT2D eigenvalue weighted by molar-refractivity contribution is 6.05. The molecule has 0 bridgehead atoms.